The molecule has 2 heterocycles. The topological polar surface area (TPSA) is 51.1 Å². The van der Waals surface area contributed by atoms with E-state index in [0.717, 1.165) is 44.4 Å². The highest BCUT2D eigenvalue weighted by atomic mass is 16.3. The quantitative estimate of drug-likeness (QED) is 0.410. The maximum atomic E-state index is 9.74. The molecule has 5 nitrogen and oxygen atoms in total. The number of likely N-dealkylation sites (tertiary alicyclic amines) is 2. The Bertz CT molecular complexity index is 584. The number of benzene rings is 1. The van der Waals surface area contributed by atoms with Gasteiger partial charge in [0, 0.05) is 26.2 Å². The zero-order valence-electron chi connectivity index (χ0n) is 17.5. The summed E-state index contributed by atoms with van der Waals surface area (Å²) in [6, 6.07) is 10.9. The molecular weight excluding hydrogens is 348 g/mol. The first-order valence-corrected chi connectivity index (χ1v) is 11.2. The second kappa shape index (κ2) is 11.4. The molecule has 2 saturated heterocycles. The zero-order valence-corrected chi connectivity index (χ0v) is 17.5. The van der Waals surface area contributed by atoms with Gasteiger partial charge in [-0.05, 0) is 76.6 Å². The van der Waals surface area contributed by atoms with Crippen LogP contribution >= 0.6 is 0 Å². The van der Waals surface area contributed by atoms with Gasteiger partial charge in [0.15, 0.2) is 5.96 Å². The smallest absolute Gasteiger partial charge is 0.194 e. The van der Waals surface area contributed by atoms with Gasteiger partial charge in [0.2, 0.25) is 0 Å². The summed E-state index contributed by atoms with van der Waals surface area (Å²) in [4.78, 5) is 9.59. The van der Waals surface area contributed by atoms with E-state index in [4.69, 9.17) is 4.99 Å². The van der Waals surface area contributed by atoms with Gasteiger partial charge < -0.3 is 20.2 Å². The van der Waals surface area contributed by atoms with Crippen LogP contribution in [0.2, 0.25) is 0 Å². The van der Waals surface area contributed by atoms with Crippen molar-refractivity contribution >= 4 is 5.96 Å². The second-order valence-electron chi connectivity index (χ2n) is 8.31. The molecule has 5 heteroatoms. The van der Waals surface area contributed by atoms with E-state index in [1.165, 1.54) is 50.9 Å². The number of aliphatic imine (C=N–C) groups is 1. The molecule has 1 aromatic carbocycles. The van der Waals surface area contributed by atoms with Crippen molar-refractivity contribution in [2.24, 2.45) is 10.9 Å². The predicted molar refractivity (Wildman–Crippen MR) is 117 cm³/mol. The van der Waals surface area contributed by atoms with Gasteiger partial charge in [-0.15, -0.1) is 0 Å². The molecule has 0 aliphatic carbocycles. The van der Waals surface area contributed by atoms with Crippen LogP contribution in [0.25, 0.3) is 0 Å². The lowest BCUT2D eigenvalue weighted by atomic mass is 9.90. The van der Waals surface area contributed by atoms with Gasteiger partial charge in [-0.1, -0.05) is 30.3 Å². The van der Waals surface area contributed by atoms with E-state index in [2.05, 4.69) is 52.4 Å². The zero-order chi connectivity index (χ0) is 19.6. The largest absolute Gasteiger partial charge is 0.391 e. The predicted octanol–water partition coefficient (Wildman–Crippen LogP) is 2.75. The Labute approximate surface area is 170 Å². The van der Waals surface area contributed by atoms with Crippen LogP contribution in [0.1, 0.15) is 44.6 Å². The SMILES string of the molecule is CCNC(=NCCCCN1CCC(Cc2ccccc2)CC1)N1CC[C@@H](O)C1. The van der Waals surface area contributed by atoms with Crippen molar-refractivity contribution in [1.82, 2.24) is 15.1 Å². The highest BCUT2D eigenvalue weighted by Gasteiger charge is 2.22. The number of guanidine groups is 1. The fourth-order valence-electron chi connectivity index (χ4n) is 4.35. The number of β-amino-alcohol motifs (C(OH)–C–C–N with tert-alkyl or cyclic N) is 1. The Kier molecular flexibility index (Phi) is 8.62. The molecule has 0 aromatic heterocycles. The lowest BCUT2D eigenvalue weighted by Gasteiger charge is -2.32. The second-order valence-corrected chi connectivity index (χ2v) is 8.31. The maximum absolute atomic E-state index is 9.74. The summed E-state index contributed by atoms with van der Waals surface area (Å²) in [6.45, 7) is 9.16. The maximum Gasteiger partial charge on any atom is 0.194 e. The third kappa shape index (κ3) is 6.78. The molecule has 2 N–H and O–H groups in total. The first-order valence-electron chi connectivity index (χ1n) is 11.2. The van der Waals surface area contributed by atoms with Crippen LogP contribution in [-0.4, -0.2) is 72.8 Å². The number of rotatable bonds is 8. The Morgan fingerprint density at radius 2 is 1.89 bits per heavy atom. The summed E-state index contributed by atoms with van der Waals surface area (Å²) in [7, 11) is 0. The van der Waals surface area contributed by atoms with Crippen molar-refractivity contribution in [2.45, 2.75) is 51.6 Å². The Balaban J connectivity index is 1.30. The van der Waals surface area contributed by atoms with E-state index in [9.17, 15) is 5.11 Å². The minimum Gasteiger partial charge on any atom is -0.391 e. The first kappa shape index (κ1) is 21.1. The monoisotopic (exact) mass is 386 g/mol. The summed E-state index contributed by atoms with van der Waals surface area (Å²) < 4.78 is 0. The van der Waals surface area contributed by atoms with Crippen LogP contribution in [0, 0.1) is 5.92 Å². The summed E-state index contributed by atoms with van der Waals surface area (Å²) in [6.07, 6.45) is 6.90. The van der Waals surface area contributed by atoms with Crippen LogP contribution in [0.5, 0.6) is 0 Å². The molecule has 28 heavy (non-hydrogen) atoms. The van der Waals surface area contributed by atoms with Crippen molar-refractivity contribution < 1.29 is 5.11 Å². The van der Waals surface area contributed by atoms with Crippen molar-refractivity contribution in [2.75, 3.05) is 45.8 Å². The van der Waals surface area contributed by atoms with Gasteiger partial charge in [-0.25, -0.2) is 0 Å². The van der Waals surface area contributed by atoms with Gasteiger partial charge >= 0.3 is 0 Å². The number of aliphatic hydroxyl groups excluding tert-OH is 1. The van der Waals surface area contributed by atoms with Crippen LogP contribution in [-0.2, 0) is 6.42 Å². The lowest BCUT2D eigenvalue weighted by molar-refractivity contribution is 0.181. The fourth-order valence-corrected chi connectivity index (χ4v) is 4.35. The first-order chi connectivity index (χ1) is 13.7. The molecule has 156 valence electrons. The van der Waals surface area contributed by atoms with E-state index in [1.807, 2.05) is 0 Å². The number of piperidine rings is 1. The number of aliphatic hydroxyl groups is 1. The molecule has 3 rings (SSSR count). The molecule has 0 spiro atoms. The molecule has 2 aliphatic rings. The van der Waals surface area contributed by atoms with E-state index in [0.29, 0.717) is 6.54 Å². The number of hydrogen-bond acceptors (Lipinski definition) is 3. The van der Waals surface area contributed by atoms with Gasteiger partial charge in [0.05, 0.1) is 6.10 Å². The van der Waals surface area contributed by atoms with E-state index < -0.39 is 0 Å². The lowest BCUT2D eigenvalue weighted by Crippen LogP contribution is -2.40. The van der Waals surface area contributed by atoms with Crippen LogP contribution in [0.3, 0.4) is 0 Å². The average Bonchev–Trinajstić information content (AvgIpc) is 3.15. The van der Waals surface area contributed by atoms with Gasteiger partial charge in [0.1, 0.15) is 0 Å². The average molecular weight is 387 g/mol. The minimum absolute atomic E-state index is 0.200. The molecule has 2 fully saturated rings. The van der Waals surface area contributed by atoms with Gasteiger partial charge in [-0.3, -0.25) is 4.99 Å². The highest BCUT2D eigenvalue weighted by Crippen LogP contribution is 2.21. The van der Waals surface area contributed by atoms with Crippen molar-refractivity contribution in [3.8, 4) is 0 Å². The number of nitrogens with zero attached hydrogens (tertiary/aromatic N) is 3. The van der Waals surface area contributed by atoms with Crippen molar-refractivity contribution in [3.63, 3.8) is 0 Å². The standard InChI is InChI=1S/C23H38N4O/c1-2-24-23(27-17-12-22(28)19-27)25-13-6-7-14-26-15-10-21(11-16-26)18-20-8-4-3-5-9-20/h3-5,8-9,21-22,28H,2,6-7,10-19H2,1H3,(H,24,25)/t22-/m1/s1. The van der Waals surface area contributed by atoms with Crippen LogP contribution in [0.4, 0.5) is 0 Å². The number of unbranched alkanes of at least 4 members (excludes halogenated alkanes) is 1. The van der Waals surface area contributed by atoms with Crippen LogP contribution < -0.4 is 5.32 Å². The minimum atomic E-state index is -0.200. The molecule has 0 saturated carbocycles. The third-order valence-corrected chi connectivity index (χ3v) is 6.02. The van der Waals surface area contributed by atoms with Gasteiger partial charge in [-0.2, -0.15) is 0 Å². The summed E-state index contributed by atoms with van der Waals surface area (Å²) in [5, 5.41) is 13.1. The molecule has 1 atom stereocenters. The third-order valence-electron chi connectivity index (χ3n) is 6.02. The van der Waals surface area contributed by atoms with E-state index >= 15 is 0 Å². The normalized spacial score (nSPS) is 22.0. The summed E-state index contributed by atoms with van der Waals surface area (Å²) in [5.41, 5.74) is 1.49. The fraction of sp³-hybridized carbons (Fsp3) is 0.696. The molecule has 1 aromatic rings. The molecule has 2 aliphatic heterocycles. The Hall–Kier alpha value is -1.59. The number of nitrogens with one attached hydrogen (secondary N) is 1. The van der Waals surface area contributed by atoms with Crippen LogP contribution in [0.15, 0.2) is 35.3 Å². The Morgan fingerprint density at radius 3 is 2.57 bits per heavy atom. The molecule has 0 radical (unpaired) electrons. The van der Waals surface area contributed by atoms with Crippen molar-refractivity contribution in [1.29, 1.82) is 0 Å². The molecule has 0 bridgehead atoms. The number of hydrogen-bond donors (Lipinski definition) is 2. The Morgan fingerprint density at radius 1 is 1.11 bits per heavy atom. The van der Waals surface area contributed by atoms with Gasteiger partial charge in [0.25, 0.3) is 0 Å². The van der Waals surface area contributed by atoms with E-state index in [-0.39, 0.29) is 6.10 Å². The molecular formula is C23H38N4O. The molecule has 0 amide bonds. The molecule has 0 unspecified atom stereocenters. The highest BCUT2D eigenvalue weighted by molar-refractivity contribution is 5.80. The van der Waals surface area contributed by atoms with Crippen molar-refractivity contribution in [3.05, 3.63) is 35.9 Å². The summed E-state index contributed by atoms with van der Waals surface area (Å²) >= 11 is 0. The summed E-state index contributed by atoms with van der Waals surface area (Å²) in [5.74, 6) is 1.82. The van der Waals surface area contributed by atoms with E-state index in [1.54, 1.807) is 0 Å².